The smallest absolute Gasteiger partial charge is 0.387 e. The summed E-state index contributed by atoms with van der Waals surface area (Å²) >= 11 is 3.10. The van der Waals surface area contributed by atoms with E-state index in [0.29, 0.717) is 11.1 Å². The standard InChI is InChI=1S/C10H9BrF2O3/c1-5-2-6(4-11)8(16-10(12)13)7(3-5)9(14)15/h2-3,10H,4H2,1H3,(H,14,15). The van der Waals surface area contributed by atoms with Gasteiger partial charge < -0.3 is 9.84 Å². The Bertz CT molecular complexity index is 407. The first-order valence-electron chi connectivity index (χ1n) is 4.33. The molecule has 0 heterocycles. The fraction of sp³-hybridized carbons (Fsp3) is 0.300. The predicted molar refractivity (Wildman–Crippen MR) is 57.4 cm³/mol. The molecule has 0 spiro atoms. The van der Waals surface area contributed by atoms with Crippen LogP contribution in [0.1, 0.15) is 21.5 Å². The second-order valence-electron chi connectivity index (χ2n) is 3.12. The summed E-state index contributed by atoms with van der Waals surface area (Å²) in [5.41, 5.74) is 0.806. The van der Waals surface area contributed by atoms with Gasteiger partial charge in [0.1, 0.15) is 11.3 Å². The molecule has 16 heavy (non-hydrogen) atoms. The number of ether oxygens (including phenoxy) is 1. The maximum absolute atomic E-state index is 12.2. The molecular formula is C10H9BrF2O3. The van der Waals surface area contributed by atoms with Crippen LogP contribution in [0.15, 0.2) is 12.1 Å². The van der Waals surface area contributed by atoms with E-state index in [2.05, 4.69) is 20.7 Å². The Balaban J connectivity index is 3.33. The van der Waals surface area contributed by atoms with Gasteiger partial charge in [-0.2, -0.15) is 8.78 Å². The van der Waals surface area contributed by atoms with Crippen molar-refractivity contribution in [1.82, 2.24) is 0 Å². The van der Waals surface area contributed by atoms with Crippen LogP contribution in [-0.4, -0.2) is 17.7 Å². The van der Waals surface area contributed by atoms with Gasteiger partial charge in [-0.15, -0.1) is 0 Å². The molecule has 0 saturated carbocycles. The number of rotatable bonds is 4. The van der Waals surface area contributed by atoms with Crippen LogP contribution in [-0.2, 0) is 5.33 Å². The van der Waals surface area contributed by atoms with Crippen LogP contribution < -0.4 is 4.74 Å². The lowest BCUT2D eigenvalue weighted by atomic mass is 10.1. The number of alkyl halides is 3. The Morgan fingerprint density at radius 1 is 1.56 bits per heavy atom. The van der Waals surface area contributed by atoms with Gasteiger partial charge in [0.25, 0.3) is 0 Å². The van der Waals surface area contributed by atoms with Crippen LogP contribution in [0.4, 0.5) is 8.78 Å². The summed E-state index contributed by atoms with van der Waals surface area (Å²) < 4.78 is 28.5. The molecule has 6 heteroatoms. The monoisotopic (exact) mass is 294 g/mol. The van der Waals surface area contributed by atoms with Crippen LogP contribution in [0.5, 0.6) is 5.75 Å². The van der Waals surface area contributed by atoms with Crippen LogP contribution in [0, 0.1) is 6.92 Å². The molecule has 0 atom stereocenters. The highest BCUT2D eigenvalue weighted by molar-refractivity contribution is 9.08. The molecule has 1 N–H and O–H groups in total. The van der Waals surface area contributed by atoms with E-state index in [1.807, 2.05) is 0 Å². The fourth-order valence-electron chi connectivity index (χ4n) is 1.33. The van der Waals surface area contributed by atoms with E-state index in [1.165, 1.54) is 6.07 Å². The zero-order valence-electron chi connectivity index (χ0n) is 8.34. The Labute approximate surface area is 99.2 Å². The van der Waals surface area contributed by atoms with E-state index in [-0.39, 0.29) is 16.6 Å². The predicted octanol–water partition coefficient (Wildman–Crippen LogP) is 3.19. The summed E-state index contributed by atoms with van der Waals surface area (Å²) in [5, 5.41) is 9.13. The van der Waals surface area contributed by atoms with Gasteiger partial charge in [0, 0.05) is 10.9 Å². The van der Waals surface area contributed by atoms with Crippen molar-refractivity contribution in [3.8, 4) is 5.75 Å². The lowest BCUT2D eigenvalue weighted by Crippen LogP contribution is -2.10. The first-order chi connectivity index (χ1) is 7.45. The number of aryl methyl sites for hydroxylation is 1. The van der Waals surface area contributed by atoms with E-state index >= 15 is 0 Å². The number of hydrogen-bond acceptors (Lipinski definition) is 2. The first-order valence-corrected chi connectivity index (χ1v) is 5.45. The highest BCUT2D eigenvalue weighted by Gasteiger charge is 2.19. The molecule has 0 aliphatic rings. The lowest BCUT2D eigenvalue weighted by Gasteiger charge is -2.13. The molecule has 0 aromatic heterocycles. The van der Waals surface area contributed by atoms with Gasteiger partial charge in [-0.3, -0.25) is 0 Å². The third-order valence-corrected chi connectivity index (χ3v) is 2.50. The van der Waals surface area contributed by atoms with E-state index in [4.69, 9.17) is 5.11 Å². The number of halogens is 3. The molecule has 0 bridgehead atoms. The van der Waals surface area contributed by atoms with Crippen molar-refractivity contribution < 1.29 is 23.4 Å². The van der Waals surface area contributed by atoms with Gasteiger partial charge in [0.15, 0.2) is 0 Å². The van der Waals surface area contributed by atoms with Crippen molar-refractivity contribution in [1.29, 1.82) is 0 Å². The molecule has 0 radical (unpaired) electrons. The molecule has 1 aromatic carbocycles. The quantitative estimate of drug-likeness (QED) is 0.868. The summed E-state index contributed by atoms with van der Waals surface area (Å²) in [6.07, 6.45) is 0. The van der Waals surface area contributed by atoms with Gasteiger partial charge in [-0.25, -0.2) is 4.79 Å². The SMILES string of the molecule is Cc1cc(CBr)c(OC(F)F)c(C(=O)O)c1. The molecule has 0 unspecified atom stereocenters. The zero-order valence-corrected chi connectivity index (χ0v) is 9.92. The summed E-state index contributed by atoms with van der Waals surface area (Å²) in [6, 6.07) is 2.89. The Kier molecular flexibility index (Phi) is 4.23. The molecule has 0 aliphatic carbocycles. The Hall–Kier alpha value is -1.17. The van der Waals surface area contributed by atoms with Crippen LogP contribution in [0.25, 0.3) is 0 Å². The molecular weight excluding hydrogens is 286 g/mol. The summed E-state index contributed by atoms with van der Waals surface area (Å²) in [6.45, 7) is -1.36. The number of carboxylic acids is 1. The average Bonchev–Trinajstić information content (AvgIpc) is 2.19. The van der Waals surface area contributed by atoms with E-state index in [0.717, 1.165) is 0 Å². The highest BCUT2D eigenvalue weighted by atomic mass is 79.9. The van der Waals surface area contributed by atoms with Crippen LogP contribution >= 0.6 is 15.9 Å². The Morgan fingerprint density at radius 3 is 2.62 bits per heavy atom. The molecule has 88 valence electrons. The van der Waals surface area contributed by atoms with Crippen molar-refractivity contribution >= 4 is 21.9 Å². The van der Waals surface area contributed by atoms with E-state index in [9.17, 15) is 13.6 Å². The van der Waals surface area contributed by atoms with Crippen LogP contribution in [0.3, 0.4) is 0 Å². The zero-order chi connectivity index (χ0) is 12.3. The minimum absolute atomic E-state index is 0.247. The second-order valence-corrected chi connectivity index (χ2v) is 3.68. The van der Waals surface area contributed by atoms with Crippen molar-refractivity contribution in [2.75, 3.05) is 0 Å². The van der Waals surface area contributed by atoms with E-state index in [1.54, 1.807) is 13.0 Å². The average molecular weight is 295 g/mol. The lowest BCUT2D eigenvalue weighted by molar-refractivity contribution is -0.0508. The topological polar surface area (TPSA) is 46.5 Å². The molecule has 0 saturated heterocycles. The number of carboxylic acid groups (broad SMARTS) is 1. The first kappa shape index (κ1) is 12.9. The molecule has 3 nitrogen and oxygen atoms in total. The maximum atomic E-state index is 12.2. The number of benzene rings is 1. The molecule has 1 rings (SSSR count). The summed E-state index contributed by atoms with van der Waals surface area (Å²) in [7, 11) is 0. The largest absolute Gasteiger partial charge is 0.478 e. The number of hydrogen-bond donors (Lipinski definition) is 1. The number of carbonyl (C=O) groups is 1. The Morgan fingerprint density at radius 2 is 2.19 bits per heavy atom. The van der Waals surface area contributed by atoms with E-state index < -0.39 is 12.6 Å². The number of aromatic carboxylic acids is 1. The summed E-state index contributed by atoms with van der Waals surface area (Å²) in [4.78, 5) is 10.9. The van der Waals surface area contributed by atoms with Gasteiger partial charge in [-0.1, -0.05) is 22.0 Å². The van der Waals surface area contributed by atoms with Gasteiger partial charge in [0.05, 0.1) is 0 Å². The fourth-order valence-corrected chi connectivity index (χ4v) is 1.75. The normalized spacial score (nSPS) is 10.6. The van der Waals surface area contributed by atoms with Gasteiger partial charge in [0.2, 0.25) is 0 Å². The van der Waals surface area contributed by atoms with Crippen molar-refractivity contribution in [2.45, 2.75) is 18.9 Å². The second kappa shape index (κ2) is 5.25. The van der Waals surface area contributed by atoms with Crippen molar-refractivity contribution in [3.05, 3.63) is 28.8 Å². The maximum Gasteiger partial charge on any atom is 0.387 e. The molecule has 0 fully saturated rings. The van der Waals surface area contributed by atoms with Crippen LogP contribution in [0.2, 0.25) is 0 Å². The minimum Gasteiger partial charge on any atom is -0.478 e. The molecule has 0 amide bonds. The minimum atomic E-state index is -3.04. The summed E-state index contributed by atoms with van der Waals surface area (Å²) in [5.74, 6) is -1.58. The van der Waals surface area contributed by atoms with Crippen molar-refractivity contribution in [3.63, 3.8) is 0 Å². The molecule has 0 aliphatic heterocycles. The van der Waals surface area contributed by atoms with Crippen molar-refractivity contribution in [2.24, 2.45) is 0 Å². The highest BCUT2D eigenvalue weighted by Crippen LogP contribution is 2.29. The molecule has 1 aromatic rings. The third kappa shape index (κ3) is 2.91. The van der Waals surface area contributed by atoms with Gasteiger partial charge >= 0.3 is 12.6 Å². The van der Waals surface area contributed by atoms with Gasteiger partial charge in [-0.05, 0) is 18.6 Å². The third-order valence-electron chi connectivity index (χ3n) is 1.89.